The molecule has 3 heteroatoms. The van der Waals surface area contributed by atoms with Crippen molar-refractivity contribution in [3.05, 3.63) is 23.4 Å². The van der Waals surface area contributed by atoms with Crippen molar-refractivity contribution in [2.45, 2.75) is 52.5 Å². The molecule has 0 spiro atoms. The van der Waals surface area contributed by atoms with Gasteiger partial charge in [0, 0.05) is 31.9 Å². The normalized spacial score (nSPS) is 23.4. The topological polar surface area (TPSA) is 19.4 Å². The third kappa shape index (κ3) is 3.23. The Labute approximate surface area is 129 Å². The molecule has 1 atom stereocenters. The molecule has 3 heterocycles. The summed E-state index contributed by atoms with van der Waals surface area (Å²) in [7, 11) is 0. The number of nitrogens with zero attached hydrogens (tertiary/aromatic N) is 3. The van der Waals surface area contributed by atoms with E-state index in [4.69, 9.17) is 4.98 Å². The highest BCUT2D eigenvalue weighted by Crippen LogP contribution is 2.34. The second-order valence-corrected chi connectivity index (χ2v) is 7.15. The van der Waals surface area contributed by atoms with Crippen molar-refractivity contribution in [1.82, 2.24) is 9.88 Å². The molecule has 1 aromatic rings. The van der Waals surface area contributed by atoms with Gasteiger partial charge in [-0.3, -0.25) is 4.90 Å². The Balaban J connectivity index is 1.77. The van der Waals surface area contributed by atoms with Crippen LogP contribution >= 0.6 is 0 Å². The molecular weight excluding hydrogens is 258 g/mol. The van der Waals surface area contributed by atoms with Gasteiger partial charge in [0.05, 0.1) is 0 Å². The van der Waals surface area contributed by atoms with E-state index in [2.05, 4.69) is 42.8 Å². The van der Waals surface area contributed by atoms with Gasteiger partial charge < -0.3 is 4.90 Å². The zero-order chi connectivity index (χ0) is 14.8. The van der Waals surface area contributed by atoms with Crippen LogP contribution in [0.4, 0.5) is 5.82 Å². The zero-order valence-electron chi connectivity index (χ0n) is 13.8. The lowest BCUT2D eigenvalue weighted by Crippen LogP contribution is -2.27. The Hall–Kier alpha value is -1.09. The van der Waals surface area contributed by atoms with E-state index in [1.54, 1.807) is 0 Å². The lowest BCUT2D eigenvalue weighted by atomic mass is 10.0. The summed E-state index contributed by atoms with van der Waals surface area (Å²) in [5, 5.41) is 0. The third-order valence-electron chi connectivity index (χ3n) is 4.83. The number of pyridine rings is 1. The minimum atomic E-state index is 0.589. The van der Waals surface area contributed by atoms with Gasteiger partial charge in [-0.15, -0.1) is 0 Å². The van der Waals surface area contributed by atoms with Crippen molar-refractivity contribution >= 4 is 5.82 Å². The molecule has 0 radical (unpaired) electrons. The Morgan fingerprint density at radius 3 is 2.62 bits per heavy atom. The molecule has 3 rings (SSSR count). The molecule has 0 aromatic carbocycles. The highest BCUT2D eigenvalue weighted by Gasteiger charge is 2.27. The fourth-order valence-corrected chi connectivity index (χ4v) is 3.92. The Kier molecular flexibility index (Phi) is 4.48. The van der Waals surface area contributed by atoms with E-state index < -0.39 is 0 Å². The van der Waals surface area contributed by atoms with Crippen molar-refractivity contribution in [2.75, 3.05) is 31.1 Å². The highest BCUT2D eigenvalue weighted by molar-refractivity contribution is 5.48. The van der Waals surface area contributed by atoms with E-state index in [0.717, 1.165) is 5.92 Å². The summed E-state index contributed by atoms with van der Waals surface area (Å²) in [6.45, 7) is 11.7. The maximum atomic E-state index is 4.82. The Bertz CT molecular complexity index is 477. The second kappa shape index (κ2) is 6.35. The molecule has 116 valence electrons. The van der Waals surface area contributed by atoms with Crippen molar-refractivity contribution < 1.29 is 0 Å². The van der Waals surface area contributed by atoms with Crippen LogP contribution in [-0.4, -0.2) is 36.1 Å². The van der Waals surface area contributed by atoms with Crippen molar-refractivity contribution in [1.29, 1.82) is 0 Å². The molecule has 21 heavy (non-hydrogen) atoms. The zero-order valence-corrected chi connectivity index (χ0v) is 13.8. The maximum absolute atomic E-state index is 4.82. The standard InChI is InChI=1S/C18H29N3/c1-14(2)13-21-10-6-7-17(21)16-11-15(3)18(19-12-16)20-8-4-5-9-20/h11-12,14,17H,4-10,13H2,1-3H3. The van der Waals surface area contributed by atoms with Crippen molar-refractivity contribution in [2.24, 2.45) is 5.92 Å². The first kappa shape index (κ1) is 14.8. The number of anilines is 1. The van der Waals surface area contributed by atoms with Crippen LogP contribution in [-0.2, 0) is 0 Å². The smallest absolute Gasteiger partial charge is 0.131 e. The minimum absolute atomic E-state index is 0.589. The predicted molar refractivity (Wildman–Crippen MR) is 88.8 cm³/mol. The number of hydrogen-bond acceptors (Lipinski definition) is 3. The predicted octanol–water partition coefficient (Wildman–Crippen LogP) is 3.78. The van der Waals surface area contributed by atoms with Gasteiger partial charge in [-0.25, -0.2) is 4.98 Å². The second-order valence-electron chi connectivity index (χ2n) is 7.15. The summed E-state index contributed by atoms with van der Waals surface area (Å²) in [6, 6.07) is 2.98. The first-order valence-corrected chi connectivity index (χ1v) is 8.60. The summed E-state index contributed by atoms with van der Waals surface area (Å²) in [6.07, 6.45) is 7.38. The van der Waals surface area contributed by atoms with Crippen LogP contribution in [0, 0.1) is 12.8 Å². The molecule has 2 saturated heterocycles. The average molecular weight is 287 g/mol. The molecular formula is C18H29N3. The summed E-state index contributed by atoms with van der Waals surface area (Å²) >= 11 is 0. The van der Waals surface area contributed by atoms with Gasteiger partial charge in [-0.1, -0.05) is 13.8 Å². The van der Waals surface area contributed by atoms with E-state index in [0.29, 0.717) is 6.04 Å². The third-order valence-corrected chi connectivity index (χ3v) is 4.83. The first-order chi connectivity index (χ1) is 10.1. The number of aryl methyl sites for hydroxylation is 1. The quantitative estimate of drug-likeness (QED) is 0.840. The lowest BCUT2D eigenvalue weighted by molar-refractivity contribution is 0.228. The molecule has 3 nitrogen and oxygen atoms in total. The van der Waals surface area contributed by atoms with Gasteiger partial charge in [0.15, 0.2) is 0 Å². The van der Waals surface area contributed by atoms with E-state index >= 15 is 0 Å². The summed E-state index contributed by atoms with van der Waals surface area (Å²) in [5.41, 5.74) is 2.78. The van der Waals surface area contributed by atoms with Gasteiger partial charge in [0.1, 0.15) is 5.82 Å². The molecule has 2 aliphatic rings. The van der Waals surface area contributed by atoms with Gasteiger partial charge >= 0.3 is 0 Å². The van der Waals surface area contributed by atoms with Crippen LogP contribution < -0.4 is 4.90 Å². The molecule has 1 aromatic heterocycles. The number of aromatic nitrogens is 1. The van der Waals surface area contributed by atoms with Gasteiger partial charge in [-0.05, 0) is 62.3 Å². The highest BCUT2D eigenvalue weighted by atomic mass is 15.2. The van der Waals surface area contributed by atoms with Crippen molar-refractivity contribution in [3.8, 4) is 0 Å². The summed E-state index contributed by atoms with van der Waals surface area (Å²) in [4.78, 5) is 9.91. The number of likely N-dealkylation sites (tertiary alicyclic amines) is 1. The summed E-state index contributed by atoms with van der Waals surface area (Å²) < 4.78 is 0. The van der Waals surface area contributed by atoms with E-state index in [1.165, 1.54) is 68.8 Å². The van der Waals surface area contributed by atoms with Gasteiger partial charge in [-0.2, -0.15) is 0 Å². The molecule has 2 fully saturated rings. The SMILES string of the molecule is Cc1cc(C2CCCN2CC(C)C)cnc1N1CCCC1. The molecule has 0 amide bonds. The van der Waals surface area contributed by atoms with Crippen LogP contribution in [0.1, 0.15) is 56.7 Å². The first-order valence-electron chi connectivity index (χ1n) is 8.60. The van der Waals surface area contributed by atoms with Crippen LogP contribution in [0.3, 0.4) is 0 Å². The Morgan fingerprint density at radius 2 is 1.95 bits per heavy atom. The molecule has 0 bridgehead atoms. The lowest BCUT2D eigenvalue weighted by Gasteiger charge is -2.27. The summed E-state index contributed by atoms with van der Waals surface area (Å²) in [5.74, 6) is 1.95. The van der Waals surface area contributed by atoms with Gasteiger partial charge in [0.2, 0.25) is 0 Å². The molecule has 0 saturated carbocycles. The largest absolute Gasteiger partial charge is 0.356 e. The Morgan fingerprint density at radius 1 is 1.19 bits per heavy atom. The fraction of sp³-hybridized carbons (Fsp3) is 0.722. The van der Waals surface area contributed by atoms with Crippen molar-refractivity contribution in [3.63, 3.8) is 0 Å². The average Bonchev–Trinajstić information content (AvgIpc) is 3.09. The van der Waals surface area contributed by atoms with E-state index in [1.807, 2.05) is 0 Å². The monoisotopic (exact) mass is 287 g/mol. The molecule has 0 N–H and O–H groups in total. The maximum Gasteiger partial charge on any atom is 0.131 e. The van der Waals surface area contributed by atoms with E-state index in [9.17, 15) is 0 Å². The molecule has 0 aliphatic carbocycles. The number of hydrogen-bond donors (Lipinski definition) is 0. The minimum Gasteiger partial charge on any atom is -0.356 e. The van der Waals surface area contributed by atoms with Crippen LogP contribution in [0.2, 0.25) is 0 Å². The molecule has 2 aliphatic heterocycles. The van der Waals surface area contributed by atoms with Crippen LogP contribution in [0.15, 0.2) is 12.3 Å². The van der Waals surface area contributed by atoms with E-state index in [-0.39, 0.29) is 0 Å². The van der Waals surface area contributed by atoms with Crippen LogP contribution in [0.25, 0.3) is 0 Å². The van der Waals surface area contributed by atoms with Gasteiger partial charge in [0.25, 0.3) is 0 Å². The molecule has 1 unspecified atom stereocenters. The fourth-order valence-electron chi connectivity index (χ4n) is 3.92. The number of rotatable bonds is 4. The van der Waals surface area contributed by atoms with Crippen LogP contribution in [0.5, 0.6) is 0 Å².